The van der Waals surface area contributed by atoms with Gasteiger partial charge in [0.05, 0.1) is 30.5 Å². The number of hydrogen-bond donors (Lipinski definition) is 1. The quantitative estimate of drug-likeness (QED) is 0.766. The van der Waals surface area contributed by atoms with Crippen molar-refractivity contribution >= 4 is 17.3 Å². The van der Waals surface area contributed by atoms with Crippen molar-refractivity contribution in [1.29, 1.82) is 0 Å². The lowest BCUT2D eigenvalue weighted by Gasteiger charge is -2.29. The number of aryl methyl sites for hydroxylation is 1. The highest BCUT2D eigenvalue weighted by Gasteiger charge is 2.23. The number of anilines is 1. The van der Waals surface area contributed by atoms with Crippen LogP contribution in [-0.4, -0.2) is 26.3 Å². The number of nitrogens with one attached hydrogen (secondary N) is 1. The number of rotatable bonds is 3. The molecule has 0 aliphatic carbocycles. The van der Waals surface area contributed by atoms with E-state index in [2.05, 4.69) is 19.7 Å². The molecular formula is C18H17ClFN5O. The molecule has 4 rings (SSSR count). The van der Waals surface area contributed by atoms with Gasteiger partial charge in [0.15, 0.2) is 0 Å². The lowest BCUT2D eigenvalue weighted by Crippen LogP contribution is -2.32. The molecule has 0 fully saturated rings. The minimum absolute atomic E-state index is 0.143. The Bertz CT molecular complexity index is 1030. The summed E-state index contributed by atoms with van der Waals surface area (Å²) in [5, 5.41) is 6.31. The van der Waals surface area contributed by atoms with Crippen molar-refractivity contribution in [3.8, 4) is 0 Å². The highest BCUT2D eigenvalue weighted by molar-refractivity contribution is 6.32. The first-order valence-electron chi connectivity index (χ1n) is 8.29. The Hall–Kier alpha value is -2.67. The topological polar surface area (TPSA) is 66.8 Å². The largest absolute Gasteiger partial charge is 0.362 e. The normalized spacial score (nSPS) is 13.7. The van der Waals surface area contributed by atoms with Crippen LogP contribution in [0.2, 0.25) is 5.02 Å². The first-order valence-corrected chi connectivity index (χ1v) is 8.67. The Morgan fingerprint density at radius 3 is 3.04 bits per heavy atom. The fourth-order valence-electron chi connectivity index (χ4n) is 3.33. The number of aromatic amines is 1. The van der Waals surface area contributed by atoms with Crippen LogP contribution >= 0.6 is 11.6 Å². The maximum atomic E-state index is 13.3. The minimum Gasteiger partial charge on any atom is -0.362 e. The fourth-order valence-corrected chi connectivity index (χ4v) is 3.54. The third-order valence-electron chi connectivity index (χ3n) is 4.76. The lowest BCUT2D eigenvalue weighted by atomic mass is 10.1. The summed E-state index contributed by atoms with van der Waals surface area (Å²) in [5.41, 5.74) is 4.31. The SMILES string of the molecule is Cc1cc(F)ccc1Cn1cnc2c1CCN(c1cn[nH]c(=O)c1Cl)C2. The molecule has 6 nitrogen and oxygen atoms in total. The molecule has 0 bridgehead atoms. The third-order valence-corrected chi connectivity index (χ3v) is 5.12. The second-order valence-electron chi connectivity index (χ2n) is 6.41. The average Bonchev–Trinajstić information content (AvgIpc) is 3.02. The Balaban J connectivity index is 1.59. The van der Waals surface area contributed by atoms with E-state index in [9.17, 15) is 9.18 Å². The third kappa shape index (κ3) is 2.99. The number of halogens is 2. The van der Waals surface area contributed by atoms with Crippen LogP contribution in [0.15, 0.2) is 35.5 Å². The summed E-state index contributed by atoms with van der Waals surface area (Å²) in [6.45, 7) is 3.84. The number of benzene rings is 1. The van der Waals surface area contributed by atoms with E-state index in [-0.39, 0.29) is 10.8 Å². The van der Waals surface area contributed by atoms with E-state index in [0.29, 0.717) is 25.3 Å². The molecule has 3 heterocycles. The van der Waals surface area contributed by atoms with E-state index < -0.39 is 5.56 Å². The van der Waals surface area contributed by atoms with Gasteiger partial charge < -0.3 is 9.47 Å². The van der Waals surface area contributed by atoms with E-state index in [4.69, 9.17) is 11.6 Å². The van der Waals surface area contributed by atoms with E-state index in [1.165, 1.54) is 6.07 Å². The van der Waals surface area contributed by atoms with Crippen molar-refractivity contribution in [2.75, 3.05) is 11.4 Å². The van der Waals surface area contributed by atoms with E-state index >= 15 is 0 Å². The Morgan fingerprint density at radius 2 is 2.23 bits per heavy atom. The lowest BCUT2D eigenvalue weighted by molar-refractivity contribution is 0.623. The van der Waals surface area contributed by atoms with Crippen LogP contribution in [0.25, 0.3) is 0 Å². The number of aromatic nitrogens is 4. The van der Waals surface area contributed by atoms with E-state index in [0.717, 1.165) is 28.9 Å². The molecule has 134 valence electrons. The van der Waals surface area contributed by atoms with Gasteiger partial charge in [0.25, 0.3) is 5.56 Å². The molecule has 0 amide bonds. The van der Waals surface area contributed by atoms with Gasteiger partial charge in [-0.25, -0.2) is 14.5 Å². The van der Waals surface area contributed by atoms with Crippen LogP contribution in [0.3, 0.4) is 0 Å². The van der Waals surface area contributed by atoms with Gasteiger partial charge in [-0.2, -0.15) is 5.10 Å². The smallest absolute Gasteiger partial charge is 0.285 e. The predicted octanol–water partition coefficient (Wildman–Crippen LogP) is 2.68. The summed E-state index contributed by atoms with van der Waals surface area (Å²) >= 11 is 6.11. The number of imidazole rings is 1. The maximum Gasteiger partial charge on any atom is 0.285 e. The highest BCUT2D eigenvalue weighted by atomic mass is 35.5. The van der Waals surface area contributed by atoms with Gasteiger partial charge in [-0.3, -0.25) is 4.79 Å². The van der Waals surface area contributed by atoms with Gasteiger partial charge in [0, 0.05) is 25.2 Å². The molecule has 0 atom stereocenters. The molecule has 3 aromatic rings. The zero-order chi connectivity index (χ0) is 18.3. The zero-order valence-electron chi connectivity index (χ0n) is 14.2. The molecule has 1 aliphatic heterocycles. The van der Waals surface area contributed by atoms with Crippen LogP contribution in [0, 0.1) is 12.7 Å². The average molecular weight is 374 g/mol. The molecule has 0 spiro atoms. The van der Waals surface area contributed by atoms with Crippen molar-refractivity contribution in [2.24, 2.45) is 0 Å². The summed E-state index contributed by atoms with van der Waals surface area (Å²) < 4.78 is 15.4. The van der Waals surface area contributed by atoms with E-state index in [1.807, 2.05) is 24.2 Å². The van der Waals surface area contributed by atoms with Gasteiger partial charge in [-0.15, -0.1) is 0 Å². The minimum atomic E-state index is -0.396. The standard InChI is InChI=1S/C18H17ClFN5O/c1-11-6-13(20)3-2-12(11)8-25-10-21-14-9-24(5-4-15(14)25)16-7-22-23-18(26)17(16)19/h2-3,6-7,10H,4-5,8-9H2,1H3,(H,23,26). The molecular weight excluding hydrogens is 357 g/mol. The summed E-state index contributed by atoms with van der Waals surface area (Å²) in [4.78, 5) is 18.2. The molecule has 1 aliphatic rings. The van der Waals surface area contributed by atoms with Gasteiger partial charge >= 0.3 is 0 Å². The number of fused-ring (bicyclic) bond motifs is 1. The van der Waals surface area contributed by atoms with Crippen LogP contribution in [0.5, 0.6) is 0 Å². The van der Waals surface area contributed by atoms with Crippen molar-refractivity contribution in [2.45, 2.75) is 26.4 Å². The number of H-pyrrole nitrogens is 1. The molecule has 0 saturated carbocycles. The first-order chi connectivity index (χ1) is 12.5. The predicted molar refractivity (Wildman–Crippen MR) is 97.1 cm³/mol. The molecule has 2 aromatic heterocycles. The summed E-state index contributed by atoms with van der Waals surface area (Å²) in [6, 6.07) is 4.84. The van der Waals surface area contributed by atoms with E-state index in [1.54, 1.807) is 12.3 Å². The van der Waals surface area contributed by atoms with Crippen molar-refractivity contribution < 1.29 is 4.39 Å². The van der Waals surface area contributed by atoms with Crippen LogP contribution in [0.4, 0.5) is 10.1 Å². The fraction of sp³-hybridized carbons (Fsp3) is 0.278. The van der Waals surface area contributed by atoms with Gasteiger partial charge in [0.1, 0.15) is 10.8 Å². The van der Waals surface area contributed by atoms with Crippen molar-refractivity contribution in [3.05, 3.63) is 74.4 Å². The van der Waals surface area contributed by atoms with Gasteiger partial charge in [-0.1, -0.05) is 17.7 Å². The van der Waals surface area contributed by atoms with Gasteiger partial charge in [-0.05, 0) is 30.2 Å². The maximum absolute atomic E-state index is 13.3. The van der Waals surface area contributed by atoms with Crippen LogP contribution in [-0.2, 0) is 19.5 Å². The first kappa shape index (κ1) is 16.8. The number of hydrogen-bond acceptors (Lipinski definition) is 4. The van der Waals surface area contributed by atoms with Crippen LogP contribution in [0.1, 0.15) is 22.5 Å². The van der Waals surface area contributed by atoms with Crippen molar-refractivity contribution in [1.82, 2.24) is 19.7 Å². The second kappa shape index (κ2) is 6.57. The molecule has 8 heteroatoms. The Labute approximate surface area is 154 Å². The summed E-state index contributed by atoms with van der Waals surface area (Å²) in [7, 11) is 0. The second-order valence-corrected chi connectivity index (χ2v) is 6.78. The summed E-state index contributed by atoms with van der Waals surface area (Å²) in [5.74, 6) is -0.224. The van der Waals surface area contributed by atoms with Gasteiger partial charge in [0.2, 0.25) is 0 Å². The highest BCUT2D eigenvalue weighted by Crippen LogP contribution is 2.27. The molecule has 0 unspecified atom stereocenters. The zero-order valence-corrected chi connectivity index (χ0v) is 14.9. The summed E-state index contributed by atoms with van der Waals surface area (Å²) in [6.07, 6.45) is 4.15. The monoisotopic (exact) mass is 373 g/mol. The van der Waals surface area contributed by atoms with Crippen LogP contribution < -0.4 is 10.5 Å². The molecule has 1 N–H and O–H groups in total. The Morgan fingerprint density at radius 1 is 1.38 bits per heavy atom. The molecule has 0 radical (unpaired) electrons. The molecule has 26 heavy (non-hydrogen) atoms. The van der Waals surface area contributed by atoms with Crippen molar-refractivity contribution in [3.63, 3.8) is 0 Å². The molecule has 1 aromatic carbocycles. The Kier molecular flexibility index (Phi) is 4.24. The molecule has 0 saturated heterocycles. The number of nitrogens with zero attached hydrogens (tertiary/aromatic N) is 4.